The Balaban J connectivity index is 1.13. The Bertz CT molecular complexity index is 3420. The molecule has 0 amide bonds. The molecular formula is C50H29N5. The lowest BCUT2D eigenvalue weighted by Gasteiger charge is -2.14. The van der Waals surface area contributed by atoms with Crippen LogP contribution < -0.4 is 0 Å². The van der Waals surface area contributed by atoms with E-state index in [1.165, 1.54) is 10.8 Å². The van der Waals surface area contributed by atoms with Gasteiger partial charge in [0.15, 0.2) is 0 Å². The summed E-state index contributed by atoms with van der Waals surface area (Å²) in [6.45, 7) is 0. The highest BCUT2D eigenvalue weighted by Crippen LogP contribution is 2.39. The molecule has 0 spiro atoms. The second-order valence-electron chi connectivity index (χ2n) is 14.0. The van der Waals surface area contributed by atoms with E-state index in [9.17, 15) is 10.5 Å². The fraction of sp³-hybridized carbons (Fsp3) is 0. The Labute approximate surface area is 316 Å². The van der Waals surface area contributed by atoms with Crippen molar-refractivity contribution in [1.29, 1.82) is 10.5 Å². The first-order valence-electron chi connectivity index (χ1n) is 18.3. The maximum Gasteiger partial charge on any atom is 0.0998 e. The van der Waals surface area contributed by atoms with Crippen molar-refractivity contribution in [2.45, 2.75) is 0 Å². The highest BCUT2D eigenvalue weighted by molar-refractivity contribution is 6.13. The number of fused-ring (bicyclic) bond motifs is 9. The number of benzene rings is 8. The first kappa shape index (κ1) is 30.7. The van der Waals surface area contributed by atoms with Crippen LogP contribution in [0.2, 0.25) is 0 Å². The minimum Gasteiger partial charge on any atom is -0.309 e. The van der Waals surface area contributed by atoms with Crippen LogP contribution in [0.25, 0.3) is 93.6 Å². The Morgan fingerprint density at radius 3 is 1.49 bits per heavy atom. The predicted octanol–water partition coefficient (Wildman–Crippen LogP) is 12.4. The fourth-order valence-electron chi connectivity index (χ4n) is 8.76. The van der Waals surface area contributed by atoms with Gasteiger partial charge in [0, 0.05) is 49.4 Å². The van der Waals surface area contributed by atoms with E-state index in [1.807, 2.05) is 36.4 Å². The van der Waals surface area contributed by atoms with Gasteiger partial charge in [-0.05, 0) is 90.0 Å². The molecule has 5 heteroatoms. The maximum absolute atomic E-state index is 10.4. The Morgan fingerprint density at radius 1 is 0.327 bits per heavy atom. The quantitative estimate of drug-likeness (QED) is 0.184. The molecule has 3 aromatic heterocycles. The predicted molar refractivity (Wildman–Crippen MR) is 224 cm³/mol. The van der Waals surface area contributed by atoms with Crippen LogP contribution in [0.4, 0.5) is 0 Å². The van der Waals surface area contributed by atoms with Crippen molar-refractivity contribution in [3.63, 3.8) is 0 Å². The van der Waals surface area contributed by atoms with Crippen LogP contribution in [-0.4, -0.2) is 13.7 Å². The standard InChI is InChI=1S/C50H29N5/c51-30-32-25-35(33-11-9-13-36(27-33)54-47-21-8-4-17-43(47)50-34(31-52)12-10-22-48(50)54)28-38(26-32)55-46-20-7-3-16-41(46)42-24-23-37(29-49(42)55)53-44-18-5-1-14-39(44)40-15-2-6-19-45(40)53/h1-29H. The van der Waals surface area contributed by atoms with Crippen LogP contribution in [0.5, 0.6) is 0 Å². The number of nitrogens with zero attached hydrogens (tertiary/aromatic N) is 5. The number of rotatable bonds is 4. The lowest BCUT2D eigenvalue weighted by Crippen LogP contribution is -1.98. The van der Waals surface area contributed by atoms with Crippen molar-refractivity contribution in [3.05, 3.63) is 187 Å². The Kier molecular flexibility index (Phi) is 6.61. The van der Waals surface area contributed by atoms with Crippen LogP contribution in [0.1, 0.15) is 11.1 Å². The van der Waals surface area contributed by atoms with Crippen LogP contribution in [0.15, 0.2) is 176 Å². The summed E-state index contributed by atoms with van der Waals surface area (Å²) in [5.74, 6) is 0. The molecule has 0 aliphatic carbocycles. The van der Waals surface area contributed by atoms with E-state index in [4.69, 9.17) is 0 Å². The molecule has 3 heterocycles. The summed E-state index contributed by atoms with van der Waals surface area (Å²) in [6.07, 6.45) is 0. The van der Waals surface area contributed by atoms with Gasteiger partial charge in [-0.25, -0.2) is 0 Å². The summed E-state index contributed by atoms with van der Waals surface area (Å²) in [5, 5.41) is 27.2. The monoisotopic (exact) mass is 699 g/mol. The SMILES string of the molecule is N#Cc1cc(-c2cccc(-n3c4ccccc4c4c(C#N)cccc43)c2)cc(-n2c3ccccc3c3ccc(-n4c5ccccc5c5ccccc54)cc32)c1. The fourth-order valence-corrected chi connectivity index (χ4v) is 8.76. The molecule has 0 saturated heterocycles. The second kappa shape index (κ2) is 11.8. The Morgan fingerprint density at radius 2 is 0.836 bits per heavy atom. The average molecular weight is 700 g/mol. The molecule has 0 aliphatic rings. The van der Waals surface area contributed by atoms with Crippen molar-refractivity contribution in [2.24, 2.45) is 0 Å². The van der Waals surface area contributed by atoms with E-state index in [1.54, 1.807) is 0 Å². The average Bonchev–Trinajstić information content (AvgIpc) is 3.89. The molecule has 0 N–H and O–H groups in total. The molecule has 55 heavy (non-hydrogen) atoms. The third-order valence-corrected chi connectivity index (χ3v) is 11.1. The summed E-state index contributed by atoms with van der Waals surface area (Å²) in [5.41, 5.74) is 12.6. The van der Waals surface area contributed by atoms with Gasteiger partial charge in [-0.2, -0.15) is 10.5 Å². The molecule has 0 radical (unpaired) electrons. The molecule has 0 atom stereocenters. The van der Waals surface area contributed by atoms with E-state index in [0.717, 1.165) is 82.8 Å². The van der Waals surface area contributed by atoms with E-state index in [2.05, 4.69) is 165 Å². The number of hydrogen-bond donors (Lipinski definition) is 0. The van der Waals surface area contributed by atoms with Gasteiger partial charge < -0.3 is 13.7 Å². The van der Waals surface area contributed by atoms with E-state index < -0.39 is 0 Å². The maximum atomic E-state index is 10.4. The molecule has 0 saturated carbocycles. The Hall–Kier alpha value is -7.86. The topological polar surface area (TPSA) is 62.4 Å². The first-order valence-corrected chi connectivity index (χ1v) is 18.3. The van der Waals surface area contributed by atoms with Crippen molar-refractivity contribution < 1.29 is 0 Å². The molecule has 0 fully saturated rings. The van der Waals surface area contributed by atoms with E-state index in [0.29, 0.717) is 11.1 Å². The molecule has 0 aliphatic heterocycles. The highest BCUT2D eigenvalue weighted by atomic mass is 15.0. The molecule has 0 bridgehead atoms. The first-order chi connectivity index (χ1) is 27.2. The van der Waals surface area contributed by atoms with Gasteiger partial charge >= 0.3 is 0 Å². The van der Waals surface area contributed by atoms with Gasteiger partial charge in [0.25, 0.3) is 0 Å². The second-order valence-corrected chi connectivity index (χ2v) is 14.0. The van der Waals surface area contributed by atoms with Gasteiger partial charge in [0.05, 0.1) is 56.4 Å². The summed E-state index contributed by atoms with van der Waals surface area (Å²) in [4.78, 5) is 0. The third kappa shape index (κ3) is 4.51. The molecule has 8 aromatic carbocycles. The van der Waals surface area contributed by atoms with Gasteiger partial charge in [0.2, 0.25) is 0 Å². The molecule has 254 valence electrons. The summed E-state index contributed by atoms with van der Waals surface area (Å²) in [6, 6.07) is 66.0. The number of hydrogen-bond acceptors (Lipinski definition) is 2. The zero-order valence-corrected chi connectivity index (χ0v) is 29.5. The zero-order valence-electron chi connectivity index (χ0n) is 29.5. The molecule has 11 aromatic rings. The van der Waals surface area contributed by atoms with Crippen molar-refractivity contribution >= 4 is 65.4 Å². The van der Waals surface area contributed by atoms with Crippen LogP contribution in [0, 0.1) is 22.7 Å². The molecule has 11 rings (SSSR count). The number of nitriles is 2. The third-order valence-electron chi connectivity index (χ3n) is 11.1. The largest absolute Gasteiger partial charge is 0.309 e. The van der Waals surface area contributed by atoms with Gasteiger partial charge in [0.1, 0.15) is 0 Å². The van der Waals surface area contributed by atoms with Gasteiger partial charge in [-0.1, -0.05) is 97.1 Å². The summed E-state index contributed by atoms with van der Waals surface area (Å²) < 4.78 is 6.88. The van der Waals surface area contributed by atoms with Crippen LogP contribution in [-0.2, 0) is 0 Å². The zero-order chi connectivity index (χ0) is 36.6. The molecular weight excluding hydrogens is 671 g/mol. The van der Waals surface area contributed by atoms with Crippen LogP contribution in [0.3, 0.4) is 0 Å². The van der Waals surface area contributed by atoms with Crippen molar-refractivity contribution in [2.75, 3.05) is 0 Å². The van der Waals surface area contributed by atoms with Crippen molar-refractivity contribution in [3.8, 4) is 40.3 Å². The van der Waals surface area contributed by atoms with E-state index in [-0.39, 0.29) is 0 Å². The lowest BCUT2D eigenvalue weighted by atomic mass is 10.0. The smallest absolute Gasteiger partial charge is 0.0998 e. The molecule has 0 unspecified atom stereocenters. The lowest BCUT2D eigenvalue weighted by molar-refractivity contribution is 1.15. The van der Waals surface area contributed by atoms with Gasteiger partial charge in [-0.3, -0.25) is 0 Å². The van der Waals surface area contributed by atoms with E-state index >= 15 is 0 Å². The number of para-hydroxylation sites is 4. The summed E-state index contributed by atoms with van der Waals surface area (Å²) >= 11 is 0. The molecule has 5 nitrogen and oxygen atoms in total. The van der Waals surface area contributed by atoms with Crippen molar-refractivity contribution in [1.82, 2.24) is 13.7 Å². The van der Waals surface area contributed by atoms with Crippen LogP contribution >= 0.6 is 0 Å². The summed E-state index contributed by atoms with van der Waals surface area (Å²) in [7, 11) is 0. The number of aromatic nitrogens is 3. The minimum absolute atomic E-state index is 0.581. The normalized spacial score (nSPS) is 11.6. The highest BCUT2D eigenvalue weighted by Gasteiger charge is 2.19. The minimum atomic E-state index is 0.581. The van der Waals surface area contributed by atoms with Gasteiger partial charge in [-0.15, -0.1) is 0 Å².